The molecule has 1 aromatic carbocycles. The van der Waals surface area contributed by atoms with E-state index in [1.54, 1.807) is 13.0 Å². The number of hydrogen-bond donors (Lipinski definition) is 0. The van der Waals surface area contributed by atoms with Crippen LogP contribution in [0.2, 0.25) is 5.02 Å². The molecular weight excluding hydrogens is 298 g/mol. The highest BCUT2D eigenvalue weighted by atomic mass is 79.9. The zero-order chi connectivity index (χ0) is 12.3. The minimum atomic E-state index is -2.18. The monoisotopic (exact) mass is 308 g/mol. The van der Waals surface area contributed by atoms with Crippen molar-refractivity contribution in [2.24, 2.45) is 0 Å². The van der Waals surface area contributed by atoms with Gasteiger partial charge < -0.3 is 4.74 Å². The van der Waals surface area contributed by atoms with Crippen LogP contribution in [0.25, 0.3) is 0 Å². The van der Waals surface area contributed by atoms with Crippen LogP contribution >= 0.6 is 27.5 Å². The van der Waals surface area contributed by atoms with Crippen LogP contribution in [-0.2, 0) is 15.2 Å². The molecule has 0 aliphatic carbocycles. The first-order chi connectivity index (χ1) is 7.39. The van der Waals surface area contributed by atoms with Gasteiger partial charge in [-0.3, -0.25) is 0 Å². The van der Waals surface area contributed by atoms with E-state index in [1.807, 2.05) is 0 Å². The van der Waals surface area contributed by atoms with E-state index in [2.05, 4.69) is 20.7 Å². The molecule has 0 radical (unpaired) electrons. The summed E-state index contributed by atoms with van der Waals surface area (Å²) in [5, 5.41) is 0.352. The second-order valence-electron chi connectivity index (χ2n) is 3.35. The smallest absolute Gasteiger partial charge is 0.348 e. The Balaban J connectivity index is 3.06. The summed E-state index contributed by atoms with van der Waals surface area (Å²) in [5.74, 6) is -0.909. The molecule has 0 spiro atoms. The number of benzene rings is 1. The summed E-state index contributed by atoms with van der Waals surface area (Å²) in [7, 11) is 0. The maximum absolute atomic E-state index is 14.2. The standard InChI is InChI=1S/C11H11BrClFO2/c1-3-16-10(15)11(2,14)7-4-5-8(12)9(13)6-7/h4-6H,3H2,1-2H3. The summed E-state index contributed by atoms with van der Waals surface area (Å²) in [6.07, 6.45) is 0. The highest BCUT2D eigenvalue weighted by molar-refractivity contribution is 9.10. The summed E-state index contributed by atoms with van der Waals surface area (Å²) in [5.41, 5.74) is -2.00. The predicted octanol–water partition coefficient (Wildman–Crippen LogP) is 3.85. The van der Waals surface area contributed by atoms with Gasteiger partial charge in [0.15, 0.2) is 0 Å². The van der Waals surface area contributed by atoms with E-state index in [1.165, 1.54) is 12.1 Å². The van der Waals surface area contributed by atoms with Gasteiger partial charge in [-0.15, -0.1) is 0 Å². The molecule has 1 unspecified atom stereocenters. The molecular formula is C11H11BrClFO2. The van der Waals surface area contributed by atoms with Crippen molar-refractivity contribution >= 4 is 33.5 Å². The van der Waals surface area contributed by atoms with Crippen molar-refractivity contribution in [1.82, 2.24) is 0 Å². The molecule has 2 nitrogen and oxygen atoms in total. The lowest BCUT2D eigenvalue weighted by atomic mass is 9.98. The zero-order valence-electron chi connectivity index (χ0n) is 8.89. The van der Waals surface area contributed by atoms with E-state index in [4.69, 9.17) is 11.6 Å². The number of ether oxygens (including phenoxy) is 1. The summed E-state index contributed by atoms with van der Waals surface area (Å²) in [6.45, 7) is 2.93. The maximum Gasteiger partial charge on any atom is 0.348 e. The van der Waals surface area contributed by atoms with Crippen molar-refractivity contribution in [2.75, 3.05) is 6.61 Å². The van der Waals surface area contributed by atoms with E-state index in [0.29, 0.717) is 9.50 Å². The number of carbonyl (C=O) groups excluding carboxylic acids is 1. The van der Waals surface area contributed by atoms with Crippen molar-refractivity contribution in [3.63, 3.8) is 0 Å². The third-order valence-corrected chi connectivity index (χ3v) is 3.35. The fourth-order valence-electron chi connectivity index (χ4n) is 1.17. The second-order valence-corrected chi connectivity index (χ2v) is 4.61. The van der Waals surface area contributed by atoms with Crippen molar-refractivity contribution in [3.05, 3.63) is 33.3 Å². The largest absolute Gasteiger partial charge is 0.463 e. The Morgan fingerprint density at radius 1 is 1.62 bits per heavy atom. The molecule has 88 valence electrons. The van der Waals surface area contributed by atoms with Crippen molar-refractivity contribution in [1.29, 1.82) is 0 Å². The summed E-state index contributed by atoms with van der Waals surface area (Å²) < 4.78 is 19.5. The molecule has 16 heavy (non-hydrogen) atoms. The van der Waals surface area contributed by atoms with Crippen LogP contribution in [-0.4, -0.2) is 12.6 Å². The first-order valence-corrected chi connectivity index (χ1v) is 5.88. The molecule has 0 N–H and O–H groups in total. The van der Waals surface area contributed by atoms with Gasteiger partial charge in [0.25, 0.3) is 0 Å². The van der Waals surface area contributed by atoms with E-state index in [0.717, 1.165) is 6.92 Å². The number of halogens is 3. The third-order valence-electron chi connectivity index (χ3n) is 2.12. The Morgan fingerprint density at radius 2 is 2.25 bits per heavy atom. The first kappa shape index (κ1) is 13.5. The average molecular weight is 310 g/mol. The van der Waals surface area contributed by atoms with Gasteiger partial charge in [0, 0.05) is 10.0 Å². The Labute approximate surface area is 107 Å². The summed E-state index contributed by atoms with van der Waals surface area (Å²) in [6, 6.07) is 4.49. The topological polar surface area (TPSA) is 26.3 Å². The van der Waals surface area contributed by atoms with Gasteiger partial charge in [0.1, 0.15) is 0 Å². The van der Waals surface area contributed by atoms with Crippen LogP contribution < -0.4 is 0 Å². The fourth-order valence-corrected chi connectivity index (χ4v) is 1.60. The van der Waals surface area contributed by atoms with Crippen molar-refractivity contribution in [3.8, 4) is 0 Å². The van der Waals surface area contributed by atoms with Gasteiger partial charge in [0.05, 0.1) is 11.6 Å². The first-order valence-electron chi connectivity index (χ1n) is 4.71. The molecule has 1 atom stereocenters. The summed E-state index contributed by atoms with van der Waals surface area (Å²) >= 11 is 9.03. The van der Waals surface area contributed by atoms with Crippen LogP contribution in [0.15, 0.2) is 22.7 Å². The highest BCUT2D eigenvalue weighted by Crippen LogP contribution is 2.32. The number of esters is 1. The van der Waals surface area contributed by atoms with Crippen LogP contribution in [0.4, 0.5) is 4.39 Å². The van der Waals surface area contributed by atoms with E-state index >= 15 is 0 Å². The lowest BCUT2D eigenvalue weighted by Gasteiger charge is -2.19. The molecule has 0 aromatic heterocycles. The van der Waals surface area contributed by atoms with Crippen LogP contribution in [0.3, 0.4) is 0 Å². The van der Waals surface area contributed by atoms with Crippen LogP contribution in [0.5, 0.6) is 0 Å². The van der Waals surface area contributed by atoms with Crippen molar-refractivity contribution < 1.29 is 13.9 Å². The molecule has 0 aliphatic rings. The predicted molar refractivity (Wildman–Crippen MR) is 64.2 cm³/mol. The Bertz CT molecular complexity index is 407. The molecule has 0 saturated carbocycles. The normalized spacial score (nSPS) is 14.3. The van der Waals surface area contributed by atoms with E-state index in [-0.39, 0.29) is 12.2 Å². The lowest BCUT2D eigenvalue weighted by Crippen LogP contribution is -2.29. The van der Waals surface area contributed by atoms with Gasteiger partial charge in [-0.2, -0.15) is 0 Å². The van der Waals surface area contributed by atoms with E-state index < -0.39 is 11.6 Å². The lowest BCUT2D eigenvalue weighted by molar-refractivity contribution is -0.156. The minimum absolute atomic E-state index is 0.141. The Hall–Kier alpha value is -0.610. The van der Waals surface area contributed by atoms with Gasteiger partial charge in [-0.25, -0.2) is 9.18 Å². The second kappa shape index (κ2) is 5.15. The molecule has 1 aromatic rings. The van der Waals surface area contributed by atoms with Gasteiger partial charge >= 0.3 is 5.97 Å². The SMILES string of the molecule is CCOC(=O)C(C)(F)c1ccc(Br)c(Cl)c1. The minimum Gasteiger partial charge on any atom is -0.463 e. The molecule has 0 amide bonds. The molecule has 0 saturated heterocycles. The quantitative estimate of drug-likeness (QED) is 0.793. The zero-order valence-corrected chi connectivity index (χ0v) is 11.2. The Kier molecular flexibility index (Phi) is 4.33. The third kappa shape index (κ3) is 2.74. The highest BCUT2D eigenvalue weighted by Gasteiger charge is 2.37. The molecule has 0 fully saturated rings. The fraction of sp³-hybridized carbons (Fsp3) is 0.364. The Morgan fingerprint density at radius 3 is 2.75 bits per heavy atom. The van der Waals surface area contributed by atoms with Gasteiger partial charge in [-0.1, -0.05) is 17.7 Å². The molecule has 0 bridgehead atoms. The van der Waals surface area contributed by atoms with E-state index in [9.17, 15) is 9.18 Å². The number of carbonyl (C=O) groups is 1. The average Bonchev–Trinajstić information content (AvgIpc) is 2.22. The van der Waals surface area contributed by atoms with Gasteiger partial charge in [-0.05, 0) is 41.9 Å². The van der Waals surface area contributed by atoms with Crippen LogP contribution in [0.1, 0.15) is 19.4 Å². The number of hydrogen-bond acceptors (Lipinski definition) is 2. The van der Waals surface area contributed by atoms with Crippen LogP contribution in [0, 0.1) is 0 Å². The number of rotatable bonds is 3. The molecule has 1 rings (SSSR count). The number of alkyl halides is 1. The molecule has 0 heterocycles. The summed E-state index contributed by atoms with van der Waals surface area (Å²) in [4.78, 5) is 11.4. The molecule has 0 aliphatic heterocycles. The van der Waals surface area contributed by atoms with Crippen molar-refractivity contribution in [2.45, 2.75) is 19.5 Å². The molecule has 5 heteroatoms. The van der Waals surface area contributed by atoms with Gasteiger partial charge in [0.2, 0.25) is 5.67 Å². The maximum atomic E-state index is 14.2.